The Bertz CT molecular complexity index is 971. The van der Waals surface area contributed by atoms with Crippen molar-refractivity contribution in [2.24, 2.45) is 0 Å². The van der Waals surface area contributed by atoms with Crippen molar-refractivity contribution in [3.8, 4) is 11.5 Å². The van der Waals surface area contributed by atoms with Gasteiger partial charge in [0.25, 0.3) is 0 Å². The van der Waals surface area contributed by atoms with Gasteiger partial charge >= 0.3 is 0 Å². The maximum Gasteiger partial charge on any atom is 0.232 e. The van der Waals surface area contributed by atoms with E-state index in [0.29, 0.717) is 46.3 Å². The average Bonchev–Trinajstić information content (AvgIpc) is 2.70. The third kappa shape index (κ3) is 7.70. The molecule has 2 rings (SSSR count). The van der Waals surface area contributed by atoms with Crippen LogP contribution in [-0.2, 0) is 14.8 Å². The fourth-order valence-electron chi connectivity index (χ4n) is 2.65. The van der Waals surface area contributed by atoms with Crippen LogP contribution in [0.25, 0.3) is 0 Å². The molecule has 0 radical (unpaired) electrons. The molecular formula is C20H24BrClN2O5S. The molecule has 0 aliphatic carbocycles. The zero-order valence-electron chi connectivity index (χ0n) is 16.7. The summed E-state index contributed by atoms with van der Waals surface area (Å²) in [7, 11) is -1.93. The topological polar surface area (TPSA) is 84.9 Å². The quantitative estimate of drug-likeness (QED) is 0.456. The molecule has 30 heavy (non-hydrogen) atoms. The number of benzene rings is 2. The number of rotatable bonds is 11. The van der Waals surface area contributed by atoms with Crippen LogP contribution in [0.1, 0.15) is 12.8 Å². The molecule has 10 heteroatoms. The second kappa shape index (κ2) is 11.4. The van der Waals surface area contributed by atoms with Crippen LogP contribution in [0, 0.1) is 0 Å². The Kier molecular flexibility index (Phi) is 9.26. The summed E-state index contributed by atoms with van der Waals surface area (Å²) in [6.45, 7) is 0.824. The molecule has 0 aliphatic rings. The maximum absolute atomic E-state index is 12.1. The highest BCUT2D eigenvalue weighted by atomic mass is 79.9. The first-order chi connectivity index (χ1) is 14.2. The van der Waals surface area contributed by atoms with E-state index in [-0.39, 0.29) is 18.9 Å². The van der Waals surface area contributed by atoms with E-state index in [1.165, 1.54) is 4.31 Å². The van der Waals surface area contributed by atoms with Crippen molar-refractivity contribution in [1.29, 1.82) is 0 Å². The monoisotopic (exact) mass is 518 g/mol. The van der Waals surface area contributed by atoms with E-state index in [1.807, 2.05) is 12.1 Å². The molecule has 0 aliphatic heterocycles. The van der Waals surface area contributed by atoms with Crippen molar-refractivity contribution in [1.82, 2.24) is 5.32 Å². The van der Waals surface area contributed by atoms with E-state index in [1.54, 1.807) is 37.4 Å². The third-order valence-corrected chi connectivity index (χ3v) is 6.52. The lowest BCUT2D eigenvalue weighted by Crippen LogP contribution is -2.32. The summed E-state index contributed by atoms with van der Waals surface area (Å²) < 4.78 is 36.9. The lowest BCUT2D eigenvalue weighted by Gasteiger charge is -2.22. The summed E-state index contributed by atoms with van der Waals surface area (Å²) in [5.74, 6) is 1.17. The highest BCUT2D eigenvalue weighted by molar-refractivity contribution is 9.10. The van der Waals surface area contributed by atoms with Crippen molar-refractivity contribution in [3.63, 3.8) is 0 Å². The highest BCUT2D eigenvalue weighted by Gasteiger charge is 2.18. The molecule has 2 aromatic carbocycles. The van der Waals surface area contributed by atoms with Gasteiger partial charge in [-0.3, -0.25) is 9.10 Å². The van der Waals surface area contributed by atoms with Crippen LogP contribution in [-0.4, -0.2) is 47.4 Å². The van der Waals surface area contributed by atoms with Crippen LogP contribution in [0.2, 0.25) is 5.02 Å². The number of methoxy groups -OCH3 is 1. The number of nitrogens with zero attached hydrogens (tertiary/aromatic N) is 1. The fraction of sp³-hybridized carbons (Fsp3) is 0.350. The van der Waals surface area contributed by atoms with E-state index < -0.39 is 10.0 Å². The van der Waals surface area contributed by atoms with Gasteiger partial charge in [-0.05, 0) is 52.7 Å². The van der Waals surface area contributed by atoms with Crippen LogP contribution in [0.5, 0.6) is 11.5 Å². The Balaban J connectivity index is 1.77. The number of carbonyl (C=O) groups excluding carboxylic acids is 1. The van der Waals surface area contributed by atoms with Gasteiger partial charge in [-0.25, -0.2) is 8.42 Å². The largest absolute Gasteiger partial charge is 0.497 e. The van der Waals surface area contributed by atoms with Crippen molar-refractivity contribution >= 4 is 49.1 Å². The Hall–Kier alpha value is -1.97. The summed E-state index contributed by atoms with van der Waals surface area (Å²) in [5.41, 5.74) is 0.456. The molecule has 164 valence electrons. The van der Waals surface area contributed by atoms with Crippen molar-refractivity contribution in [2.45, 2.75) is 12.8 Å². The Morgan fingerprint density at radius 2 is 1.93 bits per heavy atom. The number of anilines is 1. The van der Waals surface area contributed by atoms with Crippen LogP contribution in [0.15, 0.2) is 46.9 Å². The summed E-state index contributed by atoms with van der Waals surface area (Å²) >= 11 is 9.36. The fourth-order valence-corrected chi connectivity index (χ4v) is 4.03. The molecule has 1 N–H and O–H groups in total. The first-order valence-electron chi connectivity index (χ1n) is 9.17. The third-order valence-electron chi connectivity index (χ3n) is 4.09. The Morgan fingerprint density at radius 1 is 1.20 bits per heavy atom. The second-order valence-corrected chi connectivity index (χ2v) is 9.58. The predicted molar refractivity (Wildman–Crippen MR) is 122 cm³/mol. The maximum atomic E-state index is 12.1. The molecule has 0 saturated heterocycles. The summed E-state index contributed by atoms with van der Waals surface area (Å²) in [6, 6.07) is 12.1. The molecule has 0 saturated carbocycles. The van der Waals surface area contributed by atoms with Gasteiger partial charge in [-0.15, -0.1) is 0 Å². The van der Waals surface area contributed by atoms with Gasteiger partial charge in [0.15, 0.2) is 0 Å². The molecule has 7 nitrogen and oxygen atoms in total. The highest BCUT2D eigenvalue weighted by Crippen LogP contribution is 2.29. The second-order valence-electron chi connectivity index (χ2n) is 6.41. The lowest BCUT2D eigenvalue weighted by molar-refractivity contribution is -0.121. The molecule has 0 atom stereocenters. The zero-order chi connectivity index (χ0) is 22.1. The van der Waals surface area contributed by atoms with Gasteiger partial charge in [-0.1, -0.05) is 17.7 Å². The smallest absolute Gasteiger partial charge is 0.232 e. The summed E-state index contributed by atoms with van der Waals surface area (Å²) in [6.07, 6.45) is 1.68. The van der Waals surface area contributed by atoms with E-state index in [9.17, 15) is 13.2 Å². The predicted octanol–water partition coefficient (Wildman–Crippen LogP) is 3.85. The van der Waals surface area contributed by atoms with Gasteiger partial charge in [0.2, 0.25) is 15.9 Å². The Labute approximate surface area is 190 Å². The van der Waals surface area contributed by atoms with Crippen molar-refractivity contribution in [2.75, 3.05) is 37.4 Å². The number of nitrogens with one attached hydrogen (secondary N) is 1. The van der Waals surface area contributed by atoms with Gasteiger partial charge in [-0.2, -0.15) is 0 Å². The lowest BCUT2D eigenvalue weighted by atomic mass is 10.2. The SMILES string of the molecule is COc1cccc(OCCNC(=O)CCCN(c2ccc(Br)c(Cl)c2)S(C)(=O)=O)c1. The summed E-state index contributed by atoms with van der Waals surface area (Å²) in [4.78, 5) is 12.0. The number of ether oxygens (including phenoxy) is 2. The van der Waals surface area contributed by atoms with E-state index in [2.05, 4.69) is 21.2 Å². The number of sulfonamides is 1. The number of halogens is 2. The number of hydrogen-bond donors (Lipinski definition) is 1. The minimum Gasteiger partial charge on any atom is -0.497 e. The summed E-state index contributed by atoms with van der Waals surface area (Å²) in [5, 5.41) is 3.17. The van der Waals surface area contributed by atoms with Crippen molar-refractivity contribution < 1.29 is 22.7 Å². The number of hydrogen-bond acceptors (Lipinski definition) is 5. The van der Waals surface area contributed by atoms with E-state index >= 15 is 0 Å². The zero-order valence-corrected chi connectivity index (χ0v) is 19.9. The first-order valence-corrected chi connectivity index (χ1v) is 12.2. The standard InChI is InChI=1S/C20H24BrClN2O5S/c1-28-16-5-3-6-17(14-16)29-12-10-23-20(25)7-4-11-24(30(2,26)27)15-8-9-18(21)19(22)13-15/h3,5-6,8-9,13-14H,4,7,10-12H2,1-2H3,(H,23,25). The normalized spacial score (nSPS) is 11.1. The number of amides is 1. The van der Waals surface area contributed by atoms with Gasteiger partial charge in [0, 0.05) is 23.5 Å². The molecule has 1 amide bonds. The van der Waals surface area contributed by atoms with Crippen LogP contribution >= 0.6 is 27.5 Å². The van der Waals surface area contributed by atoms with Crippen LogP contribution in [0.3, 0.4) is 0 Å². The molecule has 0 bridgehead atoms. The van der Waals surface area contributed by atoms with Gasteiger partial charge in [0.05, 0.1) is 30.6 Å². The van der Waals surface area contributed by atoms with Crippen LogP contribution < -0.4 is 19.1 Å². The van der Waals surface area contributed by atoms with Gasteiger partial charge in [0.1, 0.15) is 18.1 Å². The molecular weight excluding hydrogens is 496 g/mol. The van der Waals surface area contributed by atoms with E-state index in [4.69, 9.17) is 21.1 Å². The molecule has 0 unspecified atom stereocenters. The number of carbonyl (C=O) groups is 1. The minimum absolute atomic E-state index is 0.171. The molecule has 0 heterocycles. The minimum atomic E-state index is -3.51. The molecule has 0 fully saturated rings. The van der Waals surface area contributed by atoms with Crippen LogP contribution in [0.4, 0.5) is 5.69 Å². The average molecular weight is 520 g/mol. The van der Waals surface area contributed by atoms with Crippen molar-refractivity contribution in [3.05, 3.63) is 52.0 Å². The van der Waals surface area contributed by atoms with E-state index in [0.717, 1.165) is 6.26 Å². The molecule has 2 aromatic rings. The van der Waals surface area contributed by atoms with Gasteiger partial charge < -0.3 is 14.8 Å². The molecule has 0 aromatic heterocycles. The molecule has 0 spiro atoms. The Morgan fingerprint density at radius 3 is 2.60 bits per heavy atom. The first kappa shape index (κ1) is 24.3.